The monoisotopic (exact) mass is 477 g/mol. The second kappa shape index (κ2) is 25.2. The van der Waals surface area contributed by atoms with Gasteiger partial charge in [-0.25, -0.2) is 0 Å². The summed E-state index contributed by atoms with van der Waals surface area (Å²) in [6.45, 7) is 10.8. The Bertz CT molecular complexity index is 496. The zero-order chi connectivity index (χ0) is 25.2. The molecule has 3 heteroatoms. The van der Waals surface area contributed by atoms with Crippen LogP contribution in [0.3, 0.4) is 0 Å². The molecule has 0 radical (unpaired) electrons. The summed E-state index contributed by atoms with van der Waals surface area (Å²) < 4.78 is 11.9. The van der Waals surface area contributed by atoms with Crippen molar-refractivity contribution in [1.82, 2.24) is 0 Å². The van der Waals surface area contributed by atoms with E-state index in [2.05, 4.69) is 64.2 Å². The number of allylic oxidation sites excluding steroid dienone is 6. The standard InChI is InChI=1S/C31H59NO2/c1-5-7-9-11-13-14-15-16-17-18-19-20-21-22-24-26-28-34-31(3,4)30(32)29-33-27-25-23-12-10-8-6-2/h8,10,13-14,16-17,30H,5-7,9,11-12,15,18-29,32H2,1-4H3/b10-8-,14-13-,17-16-/t30-/m0/s1. The molecule has 0 aromatic rings. The Morgan fingerprint density at radius 3 is 1.82 bits per heavy atom. The van der Waals surface area contributed by atoms with E-state index in [1.807, 2.05) is 0 Å². The van der Waals surface area contributed by atoms with Crippen molar-refractivity contribution in [2.45, 2.75) is 142 Å². The van der Waals surface area contributed by atoms with Crippen LogP contribution in [-0.4, -0.2) is 31.5 Å². The highest BCUT2D eigenvalue weighted by atomic mass is 16.5. The van der Waals surface area contributed by atoms with Gasteiger partial charge in [0.05, 0.1) is 18.2 Å². The van der Waals surface area contributed by atoms with E-state index in [-0.39, 0.29) is 11.6 Å². The summed E-state index contributed by atoms with van der Waals surface area (Å²) >= 11 is 0. The topological polar surface area (TPSA) is 44.5 Å². The number of hydrogen-bond donors (Lipinski definition) is 1. The third-order valence-electron chi connectivity index (χ3n) is 6.32. The highest BCUT2D eigenvalue weighted by Crippen LogP contribution is 2.16. The molecule has 0 aliphatic heterocycles. The largest absolute Gasteiger partial charge is 0.380 e. The van der Waals surface area contributed by atoms with Crippen LogP contribution in [0.5, 0.6) is 0 Å². The van der Waals surface area contributed by atoms with Crippen molar-refractivity contribution in [1.29, 1.82) is 0 Å². The van der Waals surface area contributed by atoms with Gasteiger partial charge in [-0.05, 0) is 78.1 Å². The molecule has 200 valence electrons. The molecular formula is C31H59NO2. The minimum absolute atomic E-state index is 0.0860. The Kier molecular flexibility index (Phi) is 24.5. The normalized spacial score (nSPS) is 13.7. The van der Waals surface area contributed by atoms with Crippen LogP contribution in [0.15, 0.2) is 36.5 Å². The molecular weight excluding hydrogens is 418 g/mol. The van der Waals surface area contributed by atoms with Gasteiger partial charge in [-0.1, -0.05) is 88.8 Å². The molecule has 0 unspecified atom stereocenters. The van der Waals surface area contributed by atoms with Crippen molar-refractivity contribution >= 4 is 0 Å². The number of nitrogens with two attached hydrogens (primary N) is 1. The summed E-state index contributed by atoms with van der Waals surface area (Å²) in [5, 5.41) is 0. The van der Waals surface area contributed by atoms with Gasteiger partial charge in [0.15, 0.2) is 0 Å². The molecule has 0 saturated heterocycles. The molecule has 0 spiro atoms. The van der Waals surface area contributed by atoms with Crippen LogP contribution < -0.4 is 5.73 Å². The van der Waals surface area contributed by atoms with E-state index in [4.69, 9.17) is 15.2 Å². The zero-order valence-electron chi connectivity index (χ0n) is 23.4. The molecule has 0 aliphatic carbocycles. The summed E-state index contributed by atoms with van der Waals surface area (Å²) in [5.74, 6) is 0. The van der Waals surface area contributed by atoms with Crippen molar-refractivity contribution in [3.63, 3.8) is 0 Å². The maximum Gasteiger partial charge on any atom is 0.0799 e. The molecule has 0 amide bonds. The lowest BCUT2D eigenvalue weighted by Crippen LogP contribution is -2.48. The molecule has 1 atom stereocenters. The first-order chi connectivity index (χ1) is 16.5. The van der Waals surface area contributed by atoms with Crippen LogP contribution in [0.1, 0.15) is 130 Å². The molecule has 0 aliphatic rings. The van der Waals surface area contributed by atoms with Gasteiger partial charge in [-0.2, -0.15) is 0 Å². The van der Waals surface area contributed by atoms with Crippen LogP contribution in [0, 0.1) is 0 Å². The van der Waals surface area contributed by atoms with Crippen LogP contribution in [0.25, 0.3) is 0 Å². The Labute approximate surface area is 213 Å². The van der Waals surface area contributed by atoms with Crippen molar-refractivity contribution < 1.29 is 9.47 Å². The lowest BCUT2D eigenvalue weighted by Gasteiger charge is -2.31. The van der Waals surface area contributed by atoms with Gasteiger partial charge in [0.1, 0.15) is 0 Å². The third-order valence-corrected chi connectivity index (χ3v) is 6.32. The van der Waals surface area contributed by atoms with E-state index in [0.717, 1.165) is 45.3 Å². The summed E-state index contributed by atoms with van der Waals surface area (Å²) in [7, 11) is 0. The maximum atomic E-state index is 6.33. The van der Waals surface area contributed by atoms with Crippen LogP contribution in [0.2, 0.25) is 0 Å². The Morgan fingerprint density at radius 2 is 1.18 bits per heavy atom. The Balaban J connectivity index is 3.52. The molecule has 0 bridgehead atoms. The van der Waals surface area contributed by atoms with E-state index < -0.39 is 0 Å². The summed E-state index contributed by atoms with van der Waals surface area (Å²) in [5.41, 5.74) is 6.00. The molecule has 2 N–H and O–H groups in total. The molecule has 0 heterocycles. The smallest absolute Gasteiger partial charge is 0.0799 e. The van der Waals surface area contributed by atoms with Gasteiger partial charge in [-0.15, -0.1) is 0 Å². The van der Waals surface area contributed by atoms with Crippen molar-refractivity contribution in [3.05, 3.63) is 36.5 Å². The second-order valence-electron chi connectivity index (χ2n) is 10.1. The molecule has 0 aromatic heterocycles. The molecule has 0 rings (SSSR count). The van der Waals surface area contributed by atoms with E-state index in [0.29, 0.717) is 6.61 Å². The minimum atomic E-state index is -0.332. The maximum absolute atomic E-state index is 6.33. The van der Waals surface area contributed by atoms with Gasteiger partial charge in [-0.3, -0.25) is 0 Å². The number of hydrogen-bond acceptors (Lipinski definition) is 3. The third kappa shape index (κ3) is 22.9. The zero-order valence-corrected chi connectivity index (χ0v) is 23.4. The highest BCUT2D eigenvalue weighted by Gasteiger charge is 2.27. The van der Waals surface area contributed by atoms with Crippen molar-refractivity contribution in [2.24, 2.45) is 5.73 Å². The first-order valence-corrected chi connectivity index (χ1v) is 14.5. The number of rotatable bonds is 25. The van der Waals surface area contributed by atoms with Crippen LogP contribution >= 0.6 is 0 Å². The predicted molar refractivity (Wildman–Crippen MR) is 151 cm³/mol. The lowest BCUT2D eigenvalue weighted by molar-refractivity contribution is -0.0566. The van der Waals surface area contributed by atoms with E-state index >= 15 is 0 Å². The molecule has 3 nitrogen and oxygen atoms in total. The average Bonchev–Trinajstić information content (AvgIpc) is 2.82. The SMILES string of the molecule is CC/C=C\CCCCOC[C@H](N)C(C)(C)OCCCCCCCC/C=C\C/C=C\CCCCC. The van der Waals surface area contributed by atoms with E-state index in [1.165, 1.54) is 70.6 Å². The predicted octanol–water partition coefficient (Wildman–Crippen LogP) is 9.08. The summed E-state index contributed by atoms with van der Waals surface area (Å²) in [6.07, 6.45) is 33.5. The van der Waals surface area contributed by atoms with Gasteiger partial charge in [0, 0.05) is 13.2 Å². The van der Waals surface area contributed by atoms with Gasteiger partial charge < -0.3 is 15.2 Å². The van der Waals surface area contributed by atoms with Crippen LogP contribution in [-0.2, 0) is 9.47 Å². The van der Waals surface area contributed by atoms with Gasteiger partial charge >= 0.3 is 0 Å². The first kappa shape index (κ1) is 33.1. The van der Waals surface area contributed by atoms with E-state index in [1.54, 1.807) is 0 Å². The number of ether oxygens (including phenoxy) is 2. The van der Waals surface area contributed by atoms with Crippen molar-refractivity contribution in [3.8, 4) is 0 Å². The average molecular weight is 478 g/mol. The van der Waals surface area contributed by atoms with Crippen LogP contribution in [0.4, 0.5) is 0 Å². The lowest BCUT2D eigenvalue weighted by atomic mass is 10.00. The molecule has 0 fully saturated rings. The Morgan fingerprint density at radius 1 is 0.647 bits per heavy atom. The fraction of sp³-hybridized carbons (Fsp3) is 0.806. The second-order valence-corrected chi connectivity index (χ2v) is 10.1. The van der Waals surface area contributed by atoms with Gasteiger partial charge in [0.2, 0.25) is 0 Å². The summed E-state index contributed by atoms with van der Waals surface area (Å²) in [4.78, 5) is 0. The molecule has 0 aromatic carbocycles. The highest BCUT2D eigenvalue weighted by molar-refractivity contribution is 4.92. The Hall–Kier alpha value is -0.900. The minimum Gasteiger partial charge on any atom is -0.380 e. The quantitative estimate of drug-likeness (QED) is 0.105. The van der Waals surface area contributed by atoms with Crippen molar-refractivity contribution in [2.75, 3.05) is 19.8 Å². The first-order valence-electron chi connectivity index (χ1n) is 14.5. The fourth-order valence-electron chi connectivity index (χ4n) is 3.69. The molecule has 0 saturated carbocycles. The van der Waals surface area contributed by atoms with E-state index in [9.17, 15) is 0 Å². The summed E-state index contributed by atoms with van der Waals surface area (Å²) in [6, 6.07) is -0.0860. The molecule has 34 heavy (non-hydrogen) atoms. The van der Waals surface area contributed by atoms with Gasteiger partial charge in [0.25, 0.3) is 0 Å². The fourth-order valence-corrected chi connectivity index (χ4v) is 3.69. The number of unbranched alkanes of at least 4 members (excludes halogenated alkanes) is 11.